The lowest BCUT2D eigenvalue weighted by Crippen LogP contribution is -2.15. The fourth-order valence-electron chi connectivity index (χ4n) is 0.986. The SMILES string of the molecule is CC(C)(O)c1ccc(Cl)cc1Br. The Morgan fingerprint density at radius 2 is 2.00 bits per heavy atom. The van der Waals surface area contributed by atoms with Gasteiger partial charge in [-0.1, -0.05) is 33.6 Å². The molecule has 0 atom stereocenters. The Labute approximate surface area is 85.5 Å². The van der Waals surface area contributed by atoms with Crippen LogP contribution in [0.2, 0.25) is 5.02 Å². The molecule has 0 heterocycles. The van der Waals surface area contributed by atoms with Crippen molar-refractivity contribution in [3.63, 3.8) is 0 Å². The molecule has 1 rings (SSSR count). The summed E-state index contributed by atoms with van der Waals surface area (Å²) in [6.07, 6.45) is 0. The second-order valence-electron chi connectivity index (χ2n) is 3.18. The van der Waals surface area contributed by atoms with Crippen molar-refractivity contribution in [1.29, 1.82) is 0 Å². The first kappa shape index (κ1) is 10.0. The standard InChI is InChI=1S/C9H10BrClO/c1-9(2,12)7-4-3-6(11)5-8(7)10/h3-5,12H,1-2H3. The third-order valence-electron chi connectivity index (χ3n) is 1.59. The van der Waals surface area contributed by atoms with Crippen LogP contribution in [0.15, 0.2) is 22.7 Å². The summed E-state index contributed by atoms with van der Waals surface area (Å²) in [4.78, 5) is 0. The summed E-state index contributed by atoms with van der Waals surface area (Å²) in [5.41, 5.74) is 0.00978. The molecule has 66 valence electrons. The van der Waals surface area contributed by atoms with E-state index in [1.165, 1.54) is 0 Å². The lowest BCUT2D eigenvalue weighted by Gasteiger charge is -2.19. The van der Waals surface area contributed by atoms with Gasteiger partial charge < -0.3 is 5.11 Å². The van der Waals surface area contributed by atoms with Crippen LogP contribution in [0.4, 0.5) is 0 Å². The maximum Gasteiger partial charge on any atom is 0.0851 e. The van der Waals surface area contributed by atoms with Crippen LogP contribution in [0, 0.1) is 0 Å². The van der Waals surface area contributed by atoms with E-state index in [9.17, 15) is 5.11 Å². The van der Waals surface area contributed by atoms with Crippen LogP contribution in [-0.4, -0.2) is 5.11 Å². The Hall–Kier alpha value is -0.0500. The van der Waals surface area contributed by atoms with Crippen LogP contribution >= 0.6 is 27.5 Å². The molecule has 0 fully saturated rings. The molecule has 0 radical (unpaired) electrons. The van der Waals surface area contributed by atoms with Crippen molar-refractivity contribution < 1.29 is 5.11 Å². The molecule has 0 unspecified atom stereocenters. The van der Waals surface area contributed by atoms with Gasteiger partial charge in [-0.3, -0.25) is 0 Å². The molecule has 3 heteroatoms. The number of hydrogen-bond acceptors (Lipinski definition) is 1. The van der Waals surface area contributed by atoms with Crippen LogP contribution in [-0.2, 0) is 5.60 Å². The van der Waals surface area contributed by atoms with E-state index in [1.54, 1.807) is 26.0 Å². The van der Waals surface area contributed by atoms with E-state index in [1.807, 2.05) is 6.07 Å². The second kappa shape index (κ2) is 3.36. The van der Waals surface area contributed by atoms with Crippen LogP contribution < -0.4 is 0 Å². The van der Waals surface area contributed by atoms with Gasteiger partial charge >= 0.3 is 0 Å². The Balaban J connectivity index is 3.19. The van der Waals surface area contributed by atoms with Crippen molar-refractivity contribution in [1.82, 2.24) is 0 Å². The molecule has 1 aromatic carbocycles. The summed E-state index contributed by atoms with van der Waals surface area (Å²) in [6.45, 7) is 3.47. The van der Waals surface area contributed by atoms with E-state index in [0.29, 0.717) is 5.02 Å². The highest BCUT2D eigenvalue weighted by molar-refractivity contribution is 9.10. The number of rotatable bonds is 1. The monoisotopic (exact) mass is 248 g/mol. The van der Waals surface area contributed by atoms with E-state index in [2.05, 4.69) is 15.9 Å². The van der Waals surface area contributed by atoms with Crippen LogP contribution in [0.1, 0.15) is 19.4 Å². The van der Waals surface area contributed by atoms with E-state index >= 15 is 0 Å². The minimum Gasteiger partial charge on any atom is -0.386 e. The number of halogens is 2. The van der Waals surface area contributed by atoms with Gasteiger partial charge in [0.15, 0.2) is 0 Å². The minimum atomic E-state index is -0.830. The van der Waals surface area contributed by atoms with Crippen LogP contribution in [0.5, 0.6) is 0 Å². The Morgan fingerprint density at radius 3 is 2.42 bits per heavy atom. The third kappa shape index (κ3) is 2.22. The van der Waals surface area contributed by atoms with Crippen molar-refractivity contribution in [3.8, 4) is 0 Å². The maximum absolute atomic E-state index is 9.69. The largest absolute Gasteiger partial charge is 0.386 e. The Morgan fingerprint density at radius 1 is 1.42 bits per heavy atom. The molecule has 0 aliphatic rings. The predicted molar refractivity (Wildman–Crippen MR) is 54.4 cm³/mol. The highest BCUT2D eigenvalue weighted by Gasteiger charge is 2.18. The number of aliphatic hydroxyl groups is 1. The number of benzene rings is 1. The minimum absolute atomic E-state index is 0.662. The van der Waals surface area contributed by atoms with Gasteiger partial charge in [0.25, 0.3) is 0 Å². The average molecular weight is 250 g/mol. The fraction of sp³-hybridized carbons (Fsp3) is 0.333. The highest BCUT2D eigenvalue weighted by atomic mass is 79.9. The van der Waals surface area contributed by atoms with Gasteiger partial charge in [0.2, 0.25) is 0 Å². The van der Waals surface area contributed by atoms with Gasteiger partial charge in [-0.15, -0.1) is 0 Å². The van der Waals surface area contributed by atoms with Crippen LogP contribution in [0.3, 0.4) is 0 Å². The summed E-state index contributed by atoms with van der Waals surface area (Å²) >= 11 is 9.09. The molecule has 1 N–H and O–H groups in total. The predicted octanol–water partition coefficient (Wildman–Crippen LogP) is 3.33. The molecule has 0 aliphatic carbocycles. The highest BCUT2D eigenvalue weighted by Crippen LogP contribution is 2.29. The molecular formula is C9H10BrClO. The summed E-state index contributed by atoms with van der Waals surface area (Å²) < 4.78 is 0.836. The van der Waals surface area contributed by atoms with E-state index < -0.39 is 5.60 Å². The third-order valence-corrected chi connectivity index (χ3v) is 2.48. The normalized spacial score (nSPS) is 11.8. The molecule has 1 nitrogen and oxygen atoms in total. The zero-order chi connectivity index (χ0) is 9.35. The summed E-state index contributed by atoms with van der Waals surface area (Å²) in [7, 11) is 0. The lowest BCUT2D eigenvalue weighted by molar-refractivity contribution is 0.0778. The molecule has 1 aromatic rings. The molecule has 0 amide bonds. The van der Waals surface area contributed by atoms with Gasteiger partial charge in [-0.05, 0) is 31.5 Å². The zero-order valence-corrected chi connectivity index (χ0v) is 9.28. The summed E-state index contributed by atoms with van der Waals surface area (Å²) in [6, 6.07) is 5.35. The average Bonchev–Trinajstić information content (AvgIpc) is 1.83. The smallest absolute Gasteiger partial charge is 0.0851 e. The van der Waals surface area contributed by atoms with Crippen molar-refractivity contribution in [3.05, 3.63) is 33.3 Å². The van der Waals surface area contributed by atoms with Crippen molar-refractivity contribution >= 4 is 27.5 Å². The molecular weight excluding hydrogens is 239 g/mol. The first-order valence-corrected chi connectivity index (χ1v) is 4.76. The van der Waals surface area contributed by atoms with Gasteiger partial charge in [-0.25, -0.2) is 0 Å². The maximum atomic E-state index is 9.69. The quantitative estimate of drug-likeness (QED) is 0.809. The van der Waals surface area contributed by atoms with Gasteiger partial charge in [-0.2, -0.15) is 0 Å². The second-order valence-corrected chi connectivity index (χ2v) is 4.47. The Bertz CT molecular complexity index is 291. The number of hydrogen-bond donors (Lipinski definition) is 1. The first-order chi connectivity index (χ1) is 5.41. The molecule has 0 saturated carbocycles. The molecule has 0 aliphatic heterocycles. The summed E-state index contributed by atoms with van der Waals surface area (Å²) in [5.74, 6) is 0. The molecule has 12 heavy (non-hydrogen) atoms. The Kier molecular flexibility index (Phi) is 2.81. The molecule has 0 aromatic heterocycles. The lowest BCUT2D eigenvalue weighted by atomic mass is 9.99. The van der Waals surface area contributed by atoms with E-state index in [-0.39, 0.29) is 0 Å². The van der Waals surface area contributed by atoms with E-state index in [4.69, 9.17) is 11.6 Å². The van der Waals surface area contributed by atoms with Crippen molar-refractivity contribution in [2.75, 3.05) is 0 Å². The van der Waals surface area contributed by atoms with E-state index in [0.717, 1.165) is 10.0 Å². The molecule has 0 spiro atoms. The first-order valence-electron chi connectivity index (χ1n) is 3.59. The zero-order valence-electron chi connectivity index (χ0n) is 6.94. The van der Waals surface area contributed by atoms with Crippen molar-refractivity contribution in [2.24, 2.45) is 0 Å². The van der Waals surface area contributed by atoms with Gasteiger partial charge in [0, 0.05) is 9.50 Å². The summed E-state index contributed by atoms with van der Waals surface area (Å²) in [5, 5.41) is 10.3. The molecule has 0 bridgehead atoms. The fourth-order valence-corrected chi connectivity index (χ4v) is 2.15. The van der Waals surface area contributed by atoms with Gasteiger partial charge in [0.05, 0.1) is 5.60 Å². The molecule has 0 saturated heterocycles. The van der Waals surface area contributed by atoms with Gasteiger partial charge in [0.1, 0.15) is 0 Å². The van der Waals surface area contributed by atoms with Crippen LogP contribution in [0.25, 0.3) is 0 Å². The topological polar surface area (TPSA) is 20.2 Å². The van der Waals surface area contributed by atoms with Crippen molar-refractivity contribution in [2.45, 2.75) is 19.4 Å².